The van der Waals surface area contributed by atoms with Gasteiger partial charge in [-0.1, -0.05) is 17.7 Å². The highest BCUT2D eigenvalue weighted by Crippen LogP contribution is 2.43. The van der Waals surface area contributed by atoms with E-state index in [1.165, 1.54) is 6.33 Å². The molecule has 8 heteroatoms. The average Bonchev–Trinajstić information content (AvgIpc) is 3.24. The predicted molar refractivity (Wildman–Crippen MR) is 106 cm³/mol. The van der Waals surface area contributed by atoms with Crippen LogP contribution in [0.2, 0.25) is 5.02 Å². The van der Waals surface area contributed by atoms with Crippen LogP contribution in [0.25, 0.3) is 11.0 Å². The Hall–Kier alpha value is -2.03. The van der Waals surface area contributed by atoms with Crippen LogP contribution in [0.4, 0.5) is 0 Å². The molecule has 28 heavy (non-hydrogen) atoms. The number of nitrogens with zero attached hydrogens (tertiary/aromatic N) is 3. The van der Waals surface area contributed by atoms with E-state index >= 15 is 0 Å². The molecule has 5 N–H and O–H groups in total. The number of aliphatic hydroxyl groups is 3. The Morgan fingerprint density at radius 3 is 2.79 bits per heavy atom. The third-order valence-corrected chi connectivity index (χ3v) is 6.05. The van der Waals surface area contributed by atoms with Gasteiger partial charge in [0.15, 0.2) is 0 Å². The number of fused-ring (bicyclic) bond motifs is 1. The summed E-state index contributed by atoms with van der Waals surface area (Å²) in [5, 5.41) is 33.8. The SMILES string of the molecule is Cc1ncnc2c1ccn2[C@@H]1C[C@H]([C@H](O)c2ccc(Cl)cc2CN)[C@@H](O)[C@H]1O. The lowest BCUT2D eigenvalue weighted by atomic mass is 9.89. The van der Waals surface area contributed by atoms with Gasteiger partial charge < -0.3 is 25.6 Å². The van der Waals surface area contributed by atoms with Crippen LogP contribution in [0.3, 0.4) is 0 Å². The molecule has 0 saturated heterocycles. The van der Waals surface area contributed by atoms with Crippen molar-refractivity contribution in [3.8, 4) is 0 Å². The van der Waals surface area contributed by atoms with Gasteiger partial charge in [-0.15, -0.1) is 0 Å². The van der Waals surface area contributed by atoms with Gasteiger partial charge in [0.05, 0.1) is 23.9 Å². The Morgan fingerprint density at radius 1 is 1.25 bits per heavy atom. The lowest BCUT2D eigenvalue weighted by Crippen LogP contribution is -2.31. The van der Waals surface area contributed by atoms with Crippen molar-refractivity contribution in [2.45, 2.75) is 44.2 Å². The normalized spacial score (nSPS) is 26.1. The molecule has 0 unspecified atom stereocenters. The van der Waals surface area contributed by atoms with Crippen molar-refractivity contribution in [2.24, 2.45) is 11.7 Å². The van der Waals surface area contributed by atoms with Crippen LogP contribution in [0.1, 0.15) is 35.4 Å². The van der Waals surface area contributed by atoms with E-state index in [0.29, 0.717) is 22.7 Å². The highest BCUT2D eigenvalue weighted by Gasteiger charge is 2.46. The van der Waals surface area contributed by atoms with Crippen LogP contribution in [0.5, 0.6) is 0 Å². The quantitative estimate of drug-likeness (QED) is 0.529. The number of hydrogen-bond acceptors (Lipinski definition) is 6. The van der Waals surface area contributed by atoms with Gasteiger partial charge >= 0.3 is 0 Å². The second-order valence-corrected chi connectivity index (χ2v) is 7.80. The molecule has 148 valence electrons. The molecule has 1 aliphatic rings. The molecule has 1 aromatic carbocycles. The van der Waals surface area contributed by atoms with E-state index in [2.05, 4.69) is 9.97 Å². The van der Waals surface area contributed by atoms with Gasteiger partial charge in [0.1, 0.15) is 18.1 Å². The summed E-state index contributed by atoms with van der Waals surface area (Å²) >= 11 is 6.03. The Labute approximate surface area is 167 Å². The van der Waals surface area contributed by atoms with E-state index in [9.17, 15) is 15.3 Å². The molecule has 0 radical (unpaired) electrons. The fourth-order valence-corrected chi connectivity index (χ4v) is 4.46. The first-order chi connectivity index (χ1) is 13.4. The predicted octanol–water partition coefficient (Wildman–Crippen LogP) is 1.87. The monoisotopic (exact) mass is 402 g/mol. The van der Waals surface area contributed by atoms with Gasteiger partial charge in [-0.3, -0.25) is 0 Å². The minimum Gasteiger partial charge on any atom is -0.390 e. The third-order valence-electron chi connectivity index (χ3n) is 5.81. The van der Waals surface area contributed by atoms with Crippen molar-refractivity contribution in [3.63, 3.8) is 0 Å². The summed E-state index contributed by atoms with van der Waals surface area (Å²) < 4.78 is 1.86. The first-order valence-corrected chi connectivity index (χ1v) is 9.61. The Kier molecular flexibility index (Phi) is 5.11. The van der Waals surface area contributed by atoms with Crippen LogP contribution in [-0.2, 0) is 6.54 Å². The standard InChI is InChI=1S/C20H23ClN4O3/c1-10-13-4-5-25(20(13)24-9-23-10)16-7-15(18(27)19(16)28)17(26)14-3-2-12(21)6-11(14)8-22/h2-6,9,15-19,26-28H,7-8,22H2,1H3/t15-,16-,17-,18-,19+/m1/s1. The molecule has 5 atom stereocenters. The topological polar surface area (TPSA) is 117 Å². The number of aryl methyl sites for hydroxylation is 1. The second kappa shape index (κ2) is 7.42. The van der Waals surface area contributed by atoms with Crippen LogP contribution < -0.4 is 5.73 Å². The maximum atomic E-state index is 11.0. The summed E-state index contributed by atoms with van der Waals surface area (Å²) in [4.78, 5) is 8.53. The highest BCUT2D eigenvalue weighted by atomic mass is 35.5. The van der Waals surface area contributed by atoms with E-state index in [1.54, 1.807) is 18.2 Å². The van der Waals surface area contributed by atoms with Crippen molar-refractivity contribution in [3.05, 3.63) is 58.6 Å². The van der Waals surface area contributed by atoms with Crippen molar-refractivity contribution in [1.29, 1.82) is 0 Å². The molecule has 3 aromatic rings. The van der Waals surface area contributed by atoms with Crippen molar-refractivity contribution in [1.82, 2.24) is 14.5 Å². The minimum absolute atomic E-state index is 0.222. The molecule has 0 aliphatic heterocycles. The largest absolute Gasteiger partial charge is 0.390 e. The first-order valence-electron chi connectivity index (χ1n) is 9.23. The van der Waals surface area contributed by atoms with E-state index in [0.717, 1.165) is 16.6 Å². The van der Waals surface area contributed by atoms with Crippen molar-refractivity contribution < 1.29 is 15.3 Å². The van der Waals surface area contributed by atoms with Gasteiger partial charge in [0, 0.05) is 29.1 Å². The molecule has 1 aliphatic carbocycles. The lowest BCUT2D eigenvalue weighted by Gasteiger charge is -2.24. The molecular formula is C20H23ClN4O3. The molecule has 0 amide bonds. The van der Waals surface area contributed by atoms with Gasteiger partial charge in [-0.05, 0) is 42.7 Å². The number of rotatable bonds is 4. The fraction of sp³-hybridized carbons (Fsp3) is 0.400. The third kappa shape index (κ3) is 3.09. The smallest absolute Gasteiger partial charge is 0.143 e. The van der Waals surface area contributed by atoms with Crippen molar-refractivity contribution in [2.75, 3.05) is 0 Å². The van der Waals surface area contributed by atoms with Gasteiger partial charge in [-0.25, -0.2) is 9.97 Å². The molecule has 1 saturated carbocycles. The second-order valence-electron chi connectivity index (χ2n) is 7.36. The number of halogens is 1. The number of benzene rings is 1. The number of aliphatic hydroxyl groups excluding tert-OH is 3. The Bertz CT molecular complexity index is 1010. The molecule has 2 heterocycles. The van der Waals surface area contributed by atoms with Crippen LogP contribution >= 0.6 is 11.6 Å². The Balaban J connectivity index is 1.67. The van der Waals surface area contributed by atoms with Crippen molar-refractivity contribution >= 4 is 22.6 Å². The average molecular weight is 403 g/mol. The molecule has 7 nitrogen and oxygen atoms in total. The van der Waals surface area contributed by atoms with Crippen LogP contribution in [0.15, 0.2) is 36.8 Å². The highest BCUT2D eigenvalue weighted by molar-refractivity contribution is 6.30. The molecule has 1 fully saturated rings. The Morgan fingerprint density at radius 2 is 2.04 bits per heavy atom. The number of nitrogens with two attached hydrogens (primary N) is 1. The lowest BCUT2D eigenvalue weighted by molar-refractivity contribution is -0.0266. The first kappa shape index (κ1) is 19.3. The van der Waals surface area contributed by atoms with Crippen LogP contribution in [-0.4, -0.2) is 42.1 Å². The molecule has 2 aromatic heterocycles. The van der Waals surface area contributed by atoms with Gasteiger partial charge in [0.25, 0.3) is 0 Å². The summed E-state index contributed by atoms with van der Waals surface area (Å²) in [6, 6.07) is 6.63. The summed E-state index contributed by atoms with van der Waals surface area (Å²) in [5.74, 6) is -0.549. The molecule has 0 spiro atoms. The number of hydrogen-bond donors (Lipinski definition) is 4. The number of aromatic nitrogens is 3. The molecular weight excluding hydrogens is 380 g/mol. The minimum atomic E-state index is -1.08. The maximum Gasteiger partial charge on any atom is 0.143 e. The zero-order chi connectivity index (χ0) is 20.0. The summed E-state index contributed by atoms with van der Waals surface area (Å²) in [6.07, 6.45) is 0.641. The fourth-order valence-electron chi connectivity index (χ4n) is 4.27. The van der Waals surface area contributed by atoms with E-state index in [-0.39, 0.29) is 6.54 Å². The van der Waals surface area contributed by atoms with E-state index in [1.807, 2.05) is 23.8 Å². The van der Waals surface area contributed by atoms with E-state index < -0.39 is 30.3 Å². The molecule has 0 bridgehead atoms. The zero-order valence-electron chi connectivity index (χ0n) is 15.4. The zero-order valence-corrected chi connectivity index (χ0v) is 16.2. The maximum absolute atomic E-state index is 11.0. The summed E-state index contributed by atoms with van der Waals surface area (Å²) in [6.45, 7) is 2.12. The van der Waals surface area contributed by atoms with E-state index in [4.69, 9.17) is 17.3 Å². The van der Waals surface area contributed by atoms with Gasteiger partial charge in [0.2, 0.25) is 0 Å². The van der Waals surface area contributed by atoms with Crippen LogP contribution in [0, 0.1) is 12.8 Å². The van der Waals surface area contributed by atoms with Gasteiger partial charge in [-0.2, -0.15) is 0 Å². The summed E-state index contributed by atoms with van der Waals surface area (Å²) in [7, 11) is 0. The molecule has 4 rings (SSSR count). The summed E-state index contributed by atoms with van der Waals surface area (Å²) in [5.41, 5.74) is 8.70.